The van der Waals surface area contributed by atoms with Crippen molar-refractivity contribution in [1.29, 1.82) is 0 Å². The molecule has 2 rings (SSSR count). The van der Waals surface area contributed by atoms with Gasteiger partial charge in [-0.2, -0.15) is 0 Å². The zero-order valence-corrected chi connectivity index (χ0v) is 13.5. The summed E-state index contributed by atoms with van der Waals surface area (Å²) in [6, 6.07) is 19.9. The van der Waals surface area contributed by atoms with Gasteiger partial charge in [0.05, 0.1) is 0 Å². The Morgan fingerprint density at radius 3 is 1.48 bits per heavy atom. The summed E-state index contributed by atoms with van der Waals surface area (Å²) in [6.07, 6.45) is 1.29. The molecule has 3 heteroatoms. The van der Waals surface area contributed by atoms with E-state index in [0.29, 0.717) is 12.8 Å². The van der Waals surface area contributed by atoms with Crippen LogP contribution in [0.1, 0.15) is 25.0 Å². The van der Waals surface area contributed by atoms with E-state index < -0.39 is 7.37 Å². The van der Waals surface area contributed by atoms with Crippen LogP contribution >= 0.6 is 7.37 Å². The summed E-state index contributed by atoms with van der Waals surface area (Å²) in [7, 11) is -3.21. The predicted molar refractivity (Wildman–Crippen MR) is 89.0 cm³/mol. The zero-order chi connectivity index (χ0) is 15.3. The molecular formula is C18H23O2P. The molecule has 2 nitrogen and oxygen atoms in total. The second kappa shape index (κ2) is 7.06. The average molecular weight is 302 g/mol. The molecule has 0 heterocycles. The summed E-state index contributed by atoms with van der Waals surface area (Å²) in [5.74, 6) is 0. The Bertz CT molecular complexity index is 544. The standard InChI is InChI=1S/C18H23O2P/c1-15(13-17-9-5-3-6-10-17)21(19,20)16(2)14-18-11-7-4-8-12-18/h3-12,15-16H,13-14H2,1-2H3,(H,19,20). The van der Waals surface area contributed by atoms with Crippen LogP contribution in [0.4, 0.5) is 0 Å². The number of benzene rings is 2. The van der Waals surface area contributed by atoms with Gasteiger partial charge in [-0.05, 0) is 24.0 Å². The molecule has 0 saturated carbocycles. The van der Waals surface area contributed by atoms with Gasteiger partial charge in [0.25, 0.3) is 0 Å². The summed E-state index contributed by atoms with van der Waals surface area (Å²) in [4.78, 5) is 10.5. The first-order valence-corrected chi connectivity index (χ1v) is 9.20. The molecule has 0 spiro atoms. The van der Waals surface area contributed by atoms with Crippen LogP contribution in [-0.4, -0.2) is 16.2 Å². The Morgan fingerprint density at radius 1 is 0.810 bits per heavy atom. The molecule has 0 amide bonds. The molecule has 2 aromatic carbocycles. The van der Waals surface area contributed by atoms with Gasteiger partial charge >= 0.3 is 0 Å². The van der Waals surface area contributed by atoms with Crippen molar-refractivity contribution >= 4 is 7.37 Å². The molecule has 2 aromatic rings. The van der Waals surface area contributed by atoms with Crippen molar-refractivity contribution in [2.75, 3.05) is 0 Å². The lowest BCUT2D eigenvalue weighted by Gasteiger charge is -2.25. The van der Waals surface area contributed by atoms with Gasteiger partial charge in [-0.25, -0.2) is 0 Å². The Balaban J connectivity index is 2.04. The monoisotopic (exact) mass is 302 g/mol. The smallest absolute Gasteiger partial charge is 0.206 e. The van der Waals surface area contributed by atoms with Crippen LogP contribution in [0.15, 0.2) is 60.7 Å². The molecule has 0 fully saturated rings. The van der Waals surface area contributed by atoms with Crippen LogP contribution in [0.25, 0.3) is 0 Å². The van der Waals surface area contributed by atoms with Gasteiger partial charge in [0, 0.05) is 11.3 Å². The molecule has 0 aromatic heterocycles. The van der Waals surface area contributed by atoms with Crippen molar-refractivity contribution in [3.8, 4) is 0 Å². The van der Waals surface area contributed by atoms with Gasteiger partial charge < -0.3 is 4.89 Å². The maximum Gasteiger partial charge on any atom is 0.206 e. The fraction of sp³-hybridized carbons (Fsp3) is 0.333. The van der Waals surface area contributed by atoms with Crippen LogP contribution in [0.2, 0.25) is 0 Å². The van der Waals surface area contributed by atoms with E-state index in [4.69, 9.17) is 0 Å². The molecule has 0 radical (unpaired) electrons. The fourth-order valence-corrected chi connectivity index (χ4v) is 4.42. The highest BCUT2D eigenvalue weighted by Crippen LogP contribution is 2.52. The lowest BCUT2D eigenvalue weighted by Crippen LogP contribution is -2.18. The Kier molecular flexibility index (Phi) is 5.39. The van der Waals surface area contributed by atoms with Gasteiger partial charge in [-0.1, -0.05) is 74.5 Å². The van der Waals surface area contributed by atoms with Gasteiger partial charge in [0.2, 0.25) is 7.37 Å². The second-order valence-corrected chi connectivity index (χ2v) is 8.86. The zero-order valence-electron chi connectivity index (χ0n) is 12.6. The Morgan fingerprint density at radius 2 is 1.14 bits per heavy atom. The minimum Gasteiger partial charge on any atom is -0.344 e. The van der Waals surface area contributed by atoms with E-state index in [1.807, 2.05) is 74.5 Å². The van der Waals surface area contributed by atoms with Crippen molar-refractivity contribution in [2.45, 2.75) is 38.0 Å². The molecule has 2 unspecified atom stereocenters. The van der Waals surface area contributed by atoms with E-state index in [9.17, 15) is 9.46 Å². The van der Waals surface area contributed by atoms with Crippen molar-refractivity contribution in [3.05, 3.63) is 71.8 Å². The summed E-state index contributed by atoms with van der Waals surface area (Å²) in [5.41, 5.74) is 1.79. The molecule has 21 heavy (non-hydrogen) atoms. The van der Waals surface area contributed by atoms with Gasteiger partial charge in [0.15, 0.2) is 0 Å². The SMILES string of the molecule is CC(Cc1ccccc1)P(=O)(O)C(C)Cc1ccccc1. The number of hydrogen-bond donors (Lipinski definition) is 1. The molecule has 2 atom stereocenters. The van der Waals surface area contributed by atoms with Crippen molar-refractivity contribution < 1.29 is 9.46 Å². The summed E-state index contributed by atoms with van der Waals surface area (Å²) < 4.78 is 12.8. The van der Waals surface area contributed by atoms with Crippen LogP contribution in [-0.2, 0) is 17.4 Å². The highest BCUT2D eigenvalue weighted by atomic mass is 31.2. The van der Waals surface area contributed by atoms with Crippen LogP contribution in [0.3, 0.4) is 0 Å². The Labute approximate surface area is 127 Å². The van der Waals surface area contributed by atoms with Crippen molar-refractivity contribution in [3.63, 3.8) is 0 Å². The van der Waals surface area contributed by atoms with E-state index in [1.54, 1.807) is 0 Å². The summed E-state index contributed by atoms with van der Waals surface area (Å²) >= 11 is 0. The molecule has 0 aliphatic rings. The maximum atomic E-state index is 12.8. The molecule has 0 saturated heterocycles. The van der Waals surface area contributed by atoms with E-state index in [2.05, 4.69) is 0 Å². The quantitative estimate of drug-likeness (QED) is 0.797. The lowest BCUT2D eigenvalue weighted by molar-refractivity contribution is 0.451. The highest BCUT2D eigenvalue weighted by Gasteiger charge is 2.33. The van der Waals surface area contributed by atoms with Crippen LogP contribution < -0.4 is 0 Å². The van der Waals surface area contributed by atoms with E-state index in [1.165, 1.54) is 0 Å². The third-order valence-electron chi connectivity index (χ3n) is 4.01. The number of hydrogen-bond acceptors (Lipinski definition) is 1. The summed E-state index contributed by atoms with van der Waals surface area (Å²) in [5, 5.41) is 0. The third kappa shape index (κ3) is 4.30. The van der Waals surface area contributed by atoms with E-state index >= 15 is 0 Å². The Hall–Kier alpha value is -1.37. The first-order chi connectivity index (χ1) is 10.00. The predicted octanol–water partition coefficient (Wildman–Crippen LogP) is 4.52. The fourth-order valence-electron chi connectivity index (χ4n) is 2.61. The first-order valence-electron chi connectivity index (χ1n) is 7.40. The largest absolute Gasteiger partial charge is 0.344 e. The lowest BCUT2D eigenvalue weighted by atomic mass is 10.1. The topological polar surface area (TPSA) is 37.3 Å². The first kappa shape index (κ1) is 16.0. The second-order valence-electron chi connectivity index (χ2n) is 5.75. The molecule has 0 bridgehead atoms. The molecule has 0 aliphatic heterocycles. The molecular weight excluding hydrogens is 279 g/mol. The van der Waals surface area contributed by atoms with Gasteiger partial charge in [-0.3, -0.25) is 4.57 Å². The van der Waals surface area contributed by atoms with Crippen molar-refractivity contribution in [2.24, 2.45) is 0 Å². The van der Waals surface area contributed by atoms with E-state index in [-0.39, 0.29) is 11.3 Å². The van der Waals surface area contributed by atoms with Gasteiger partial charge in [-0.15, -0.1) is 0 Å². The molecule has 112 valence electrons. The normalized spacial score (nSPS) is 16.9. The average Bonchev–Trinajstić information content (AvgIpc) is 2.49. The minimum absolute atomic E-state index is 0.224. The third-order valence-corrected chi connectivity index (χ3v) is 6.90. The number of rotatable bonds is 6. The van der Waals surface area contributed by atoms with Crippen LogP contribution in [0.5, 0.6) is 0 Å². The molecule has 0 aliphatic carbocycles. The highest BCUT2D eigenvalue weighted by molar-refractivity contribution is 7.59. The molecule has 1 N–H and O–H groups in total. The summed E-state index contributed by atoms with van der Waals surface area (Å²) in [6.45, 7) is 3.77. The van der Waals surface area contributed by atoms with Crippen molar-refractivity contribution in [1.82, 2.24) is 0 Å². The maximum absolute atomic E-state index is 12.8. The minimum atomic E-state index is -3.21. The van der Waals surface area contributed by atoms with E-state index in [0.717, 1.165) is 11.1 Å². The van der Waals surface area contributed by atoms with Crippen LogP contribution in [0, 0.1) is 0 Å². The van der Waals surface area contributed by atoms with Gasteiger partial charge in [0.1, 0.15) is 0 Å².